The van der Waals surface area contributed by atoms with E-state index in [9.17, 15) is 4.79 Å². The maximum absolute atomic E-state index is 11.5. The summed E-state index contributed by atoms with van der Waals surface area (Å²) < 4.78 is 0. The zero-order chi connectivity index (χ0) is 13.9. The Hall–Kier alpha value is -2.75. The second-order valence-corrected chi connectivity index (χ2v) is 4.52. The van der Waals surface area contributed by atoms with Gasteiger partial charge in [0, 0.05) is 16.7 Å². The summed E-state index contributed by atoms with van der Waals surface area (Å²) in [5, 5.41) is 11.1. The molecular formula is C16H13N3O. The molecule has 0 unspecified atom stereocenters. The van der Waals surface area contributed by atoms with Crippen LogP contribution in [0.2, 0.25) is 0 Å². The number of rotatable bonds is 3. The molecular weight excluding hydrogens is 250 g/mol. The number of nitrogens with one attached hydrogen (secondary N) is 1. The number of nitrogens with zero attached hydrogens (tertiary/aromatic N) is 2. The summed E-state index contributed by atoms with van der Waals surface area (Å²) in [5.41, 5.74) is 4.07. The molecule has 4 heteroatoms. The number of carbonyl (C=O) groups is 1. The molecule has 0 fully saturated rings. The zero-order valence-corrected chi connectivity index (χ0v) is 11.0. The normalized spacial score (nSPS) is 10.4. The molecule has 4 nitrogen and oxygen atoms in total. The average molecular weight is 263 g/mol. The highest BCUT2D eigenvalue weighted by molar-refractivity contribution is 5.95. The van der Waals surface area contributed by atoms with Crippen molar-refractivity contribution in [2.75, 3.05) is 0 Å². The number of carbonyl (C=O) groups excluding carboxylic acids is 1. The molecule has 0 radical (unpaired) electrons. The Labute approximate surface area is 116 Å². The number of aromatic amines is 1. The molecule has 3 rings (SSSR count). The van der Waals surface area contributed by atoms with Crippen LogP contribution in [0.25, 0.3) is 22.5 Å². The summed E-state index contributed by atoms with van der Waals surface area (Å²) in [7, 11) is 0. The molecule has 3 aromatic rings. The van der Waals surface area contributed by atoms with Gasteiger partial charge in [-0.1, -0.05) is 48.5 Å². The fraction of sp³-hybridized carbons (Fsp3) is 0.0625. The van der Waals surface area contributed by atoms with Crippen LogP contribution < -0.4 is 0 Å². The molecule has 0 amide bonds. The van der Waals surface area contributed by atoms with Crippen LogP contribution in [0.4, 0.5) is 0 Å². The highest BCUT2D eigenvalue weighted by atomic mass is 16.1. The molecule has 0 saturated carbocycles. The molecule has 98 valence electrons. The van der Waals surface area contributed by atoms with E-state index in [0.717, 1.165) is 22.5 Å². The highest BCUT2D eigenvalue weighted by Gasteiger charge is 2.13. The number of H-pyrrole nitrogens is 1. The van der Waals surface area contributed by atoms with E-state index in [-0.39, 0.29) is 5.78 Å². The first-order valence-electron chi connectivity index (χ1n) is 6.33. The lowest BCUT2D eigenvalue weighted by Gasteiger charge is -2.03. The van der Waals surface area contributed by atoms with E-state index in [2.05, 4.69) is 15.4 Å². The van der Waals surface area contributed by atoms with Gasteiger partial charge in [-0.25, -0.2) is 0 Å². The van der Waals surface area contributed by atoms with Crippen molar-refractivity contribution in [1.29, 1.82) is 0 Å². The van der Waals surface area contributed by atoms with Crippen LogP contribution in [0.1, 0.15) is 17.3 Å². The predicted molar refractivity (Wildman–Crippen MR) is 77.3 cm³/mol. The van der Waals surface area contributed by atoms with Crippen LogP contribution in [0.5, 0.6) is 0 Å². The minimum atomic E-state index is 0.0385. The fourth-order valence-corrected chi connectivity index (χ4v) is 2.11. The third-order valence-corrected chi connectivity index (χ3v) is 3.14. The predicted octanol–water partition coefficient (Wildman–Crippen LogP) is 3.34. The summed E-state index contributed by atoms with van der Waals surface area (Å²) in [6, 6.07) is 17.3. The number of Topliss-reactive ketones (excluding diaryl/α,β-unsaturated/α-hetero) is 1. The number of hydrogen-bond acceptors (Lipinski definition) is 3. The van der Waals surface area contributed by atoms with Gasteiger partial charge in [-0.15, -0.1) is 0 Å². The van der Waals surface area contributed by atoms with Crippen molar-refractivity contribution in [3.8, 4) is 22.5 Å². The SMILES string of the molecule is CC(=O)c1cccc(-c2n[nH]nc2-c2ccccc2)c1. The van der Waals surface area contributed by atoms with Crippen molar-refractivity contribution in [3.63, 3.8) is 0 Å². The van der Waals surface area contributed by atoms with E-state index >= 15 is 0 Å². The van der Waals surface area contributed by atoms with Crippen molar-refractivity contribution < 1.29 is 4.79 Å². The molecule has 0 bridgehead atoms. The van der Waals surface area contributed by atoms with Gasteiger partial charge in [-0.2, -0.15) is 15.4 Å². The number of hydrogen-bond donors (Lipinski definition) is 1. The van der Waals surface area contributed by atoms with Gasteiger partial charge in [-0.05, 0) is 13.0 Å². The Morgan fingerprint density at radius 2 is 1.55 bits per heavy atom. The topological polar surface area (TPSA) is 58.6 Å². The number of aromatic nitrogens is 3. The second-order valence-electron chi connectivity index (χ2n) is 4.52. The minimum Gasteiger partial charge on any atom is -0.295 e. The summed E-state index contributed by atoms with van der Waals surface area (Å²) in [5.74, 6) is 0.0385. The van der Waals surface area contributed by atoms with Gasteiger partial charge in [0.25, 0.3) is 0 Å². The van der Waals surface area contributed by atoms with Crippen LogP contribution in [-0.2, 0) is 0 Å². The number of benzene rings is 2. The molecule has 1 N–H and O–H groups in total. The Balaban J connectivity index is 2.10. The maximum Gasteiger partial charge on any atom is 0.159 e. The van der Waals surface area contributed by atoms with Crippen molar-refractivity contribution in [2.24, 2.45) is 0 Å². The second kappa shape index (κ2) is 5.09. The number of ketones is 1. The maximum atomic E-state index is 11.5. The lowest BCUT2D eigenvalue weighted by atomic mass is 10.0. The summed E-state index contributed by atoms with van der Waals surface area (Å²) >= 11 is 0. The Morgan fingerprint density at radius 3 is 2.25 bits per heavy atom. The molecule has 2 aromatic carbocycles. The molecule has 0 spiro atoms. The first kappa shape index (κ1) is 12.3. The van der Waals surface area contributed by atoms with E-state index in [4.69, 9.17) is 0 Å². The Kier molecular flexibility index (Phi) is 3.13. The van der Waals surface area contributed by atoms with Crippen molar-refractivity contribution >= 4 is 5.78 Å². The lowest BCUT2D eigenvalue weighted by Crippen LogP contribution is -1.92. The van der Waals surface area contributed by atoms with Crippen LogP contribution in [-0.4, -0.2) is 21.2 Å². The van der Waals surface area contributed by atoms with Crippen LogP contribution in [0, 0.1) is 0 Å². The molecule has 0 aliphatic rings. The molecule has 0 saturated heterocycles. The fourth-order valence-electron chi connectivity index (χ4n) is 2.11. The van der Waals surface area contributed by atoms with Gasteiger partial charge in [0.2, 0.25) is 0 Å². The first-order chi connectivity index (χ1) is 9.75. The highest BCUT2D eigenvalue weighted by Crippen LogP contribution is 2.28. The van der Waals surface area contributed by atoms with Crippen molar-refractivity contribution in [2.45, 2.75) is 6.92 Å². The summed E-state index contributed by atoms with van der Waals surface area (Å²) in [6.45, 7) is 1.56. The summed E-state index contributed by atoms with van der Waals surface area (Å²) in [6.07, 6.45) is 0. The zero-order valence-electron chi connectivity index (χ0n) is 11.0. The smallest absolute Gasteiger partial charge is 0.159 e. The summed E-state index contributed by atoms with van der Waals surface area (Å²) in [4.78, 5) is 11.5. The van der Waals surface area contributed by atoms with Crippen LogP contribution in [0.3, 0.4) is 0 Å². The average Bonchev–Trinajstić information content (AvgIpc) is 2.98. The molecule has 1 aromatic heterocycles. The van der Waals surface area contributed by atoms with Crippen LogP contribution >= 0.6 is 0 Å². The third-order valence-electron chi connectivity index (χ3n) is 3.14. The van der Waals surface area contributed by atoms with Gasteiger partial charge >= 0.3 is 0 Å². The van der Waals surface area contributed by atoms with Gasteiger partial charge in [0.15, 0.2) is 5.78 Å². The molecule has 1 heterocycles. The third kappa shape index (κ3) is 2.23. The first-order valence-corrected chi connectivity index (χ1v) is 6.33. The van der Waals surface area contributed by atoms with E-state index in [0.29, 0.717) is 5.56 Å². The lowest BCUT2D eigenvalue weighted by molar-refractivity contribution is 0.101. The standard InChI is InChI=1S/C16H13N3O/c1-11(20)13-8-5-9-14(10-13)16-15(17-19-18-16)12-6-3-2-4-7-12/h2-10H,1H3,(H,17,18,19). The largest absolute Gasteiger partial charge is 0.295 e. The molecule has 20 heavy (non-hydrogen) atoms. The Bertz CT molecular complexity index is 747. The quantitative estimate of drug-likeness (QED) is 0.737. The van der Waals surface area contributed by atoms with Crippen molar-refractivity contribution in [3.05, 3.63) is 60.2 Å². The molecule has 0 aliphatic heterocycles. The van der Waals surface area contributed by atoms with E-state index < -0.39 is 0 Å². The van der Waals surface area contributed by atoms with Gasteiger partial charge in [-0.3, -0.25) is 4.79 Å². The molecule has 0 aliphatic carbocycles. The van der Waals surface area contributed by atoms with Gasteiger partial charge in [0.05, 0.1) is 0 Å². The van der Waals surface area contributed by atoms with Gasteiger partial charge in [0.1, 0.15) is 11.4 Å². The van der Waals surface area contributed by atoms with Crippen LogP contribution in [0.15, 0.2) is 54.6 Å². The minimum absolute atomic E-state index is 0.0385. The monoisotopic (exact) mass is 263 g/mol. The van der Waals surface area contributed by atoms with E-state index in [1.165, 1.54) is 0 Å². The van der Waals surface area contributed by atoms with E-state index in [1.807, 2.05) is 48.5 Å². The van der Waals surface area contributed by atoms with Gasteiger partial charge < -0.3 is 0 Å². The van der Waals surface area contributed by atoms with Crippen molar-refractivity contribution in [1.82, 2.24) is 15.4 Å². The van der Waals surface area contributed by atoms with E-state index in [1.54, 1.807) is 13.0 Å². The Morgan fingerprint density at radius 1 is 0.900 bits per heavy atom. The molecule has 0 atom stereocenters.